The monoisotopic (exact) mass is 665 g/mol. The molecule has 7 aromatic carbocycles. The Bertz CT molecular complexity index is 2770. The zero-order valence-corrected chi connectivity index (χ0v) is 29.6. The van der Waals surface area contributed by atoms with Crippen molar-refractivity contribution < 1.29 is 0 Å². The predicted molar refractivity (Wildman–Crippen MR) is 221 cm³/mol. The summed E-state index contributed by atoms with van der Waals surface area (Å²) in [7, 11) is 0. The Morgan fingerprint density at radius 3 is 2.06 bits per heavy atom. The zero-order chi connectivity index (χ0) is 34.6. The van der Waals surface area contributed by atoms with Gasteiger partial charge in [0.2, 0.25) is 0 Å². The summed E-state index contributed by atoms with van der Waals surface area (Å²) in [6.07, 6.45) is 16.2. The molecular formula is C51H39N. The maximum atomic E-state index is 2.66. The SMILES string of the molecule is CC1(C)c2ccccc2-c2c1cc(-c1c3ccccc3c(-c3ccccc3)c3ccc(N4C5=C(C=CCC5)C5C=CC=CC54)cc13)c1ccccc21. The number of hydrogen-bond acceptors (Lipinski definition) is 1. The first kappa shape index (κ1) is 29.8. The van der Waals surface area contributed by atoms with Gasteiger partial charge in [0.25, 0.3) is 0 Å². The fourth-order valence-corrected chi connectivity index (χ4v) is 10.2. The maximum Gasteiger partial charge on any atom is 0.0626 e. The van der Waals surface area contributed by atoms with Gasteiger partial charge >= 0.3 is 0 Å². The first-order chi connectivity index (χ1) is 25.6. The van der Waals surface area contributed by atoms with E-state index in [4.69, 9.17) is 0 Å². The van der Waals surface area contributed by atoms with E-state index in [9.17, 15) is 0 Å². The first-order valence-electron chi connectivity index (χ1n) is 18.8. The van der Waals surface area contributed by atoms with Gasteiger partial charge < -0.3 is 4.90 Å². The van der Waals surface area contributed by atoms with Crippen molar-refractivity contribution in [3.05, 3.63) is 186 Å². The number of benzene rings is 7. The molecule has 7 aromatic rings. The minimum atomic E-state index is -0.117. The van der Waals surface area contributed by atoms with E-state index in [-0.39, 0.29) is 11.5 Å². The van der Waals surface area contributed by atoms with Gasteiger partial charge in [-0.3, -0.25) is 0 Å². The van der Waals surface area contributed by atoms with Crippen molar-refractivity contribution in [2.75, 3.05) is 4.90 Å². The second-order valence-corrected chi connectivity index (χ2v) is 15.5. The first-order valence-corrected chi connectivity index (χ1v) is 18.8. The summed E-state index contributed by atoms with van der Waals surface area (Å²) < 4.78 is 0. The highest BCUT2D eigenvalue weighted by molar-refractivity contribution is 6.25. The smallest absolute Gasteiger partial charge is 0.0626 e. The Labute approximate surface area is 305 Å². The van der Waals surface area contributed by atoms with Crippen LogP contribution in [0.15, 0.2) is 175 Å². The lowest BCUT2D eigenvalue weighted by molar-refractivity contribution is 0.661. The van der Waals surface area contributed by atoms with Crippen LogP contribution < -0.4 is 4.90 Å². The van der Waals surface area contributed by atoms with E-state index in [0.29, 0.717) is 5.92 Å². The Balaban J connectivity index is 1.27. The second kappa shape index (κ2) is 11.0. The summed E-state index contributed by atoms with van der Waals surface area (Å²) in [5.41, 5.74) is 14.9. The van der Waals surface area contributed by atoms with E-state index >= 15 is 0 Å². The summed E-state index contributed by atoms with van der Waals surface area (Å²) in [5, 5.41) is 7.83. The van der Waals surface area contributed by atoms with Crippen molar-refractivity contribution in [3.8, 4) is 33.4 Å². The van der Waals surface area contributed by atoms with Gasteiger partial charge in [-0.05, 0) is 113 Å². The molecule has 0 saturated heterocycles. The van der Waals surface area contributed by atoms with Crippen molar-refractivity contribution in [1.29, 1.82) is 0 Å². The van der Waals surface area contributed by atoms with Gasteiger partial charge in [-0.2, -0.15) is 0 Å². The van der Waals surface area contributed by atoms with E-state index in [1.165, 1.54) is 93.8 Å². The van der Waals surface area contributed by atoms with Crippen LogP contribution in [-0.2, 0) is 5.41 Å². The molecular weight excluding hydrogens is 627 g/mol. The summed E-state index contributed by atoms with van der Waals surface area (Å²) in [5.74, 6) is 0.382. The Morgan fingerprint density at radius 1 is 0.558 bits per heavy atom. The lowest BCUT2D eigenvalue weighted by Gasteiger charge is -2.32. The number of nitrogens with zero attached hydrogens (tertiary/aromatic N) is 1. The highest BCUT2D eigenvalue weighted by Crippen LogP contribution is 2.55. The summed E-state index contributed by atoms with van der Waals surface area (Å²) in [4.78, 5) is 2.66. The lowest BCUT2D eigenvalue weighted by atomic mass is 9.79. The third-order valence-electron chi connectivity index (χ3n) is 12.4. The van der Waals surface area contributed by atoms with Gasteiger partial charge in [0, 0.05) is 22.7 Å². The third-order valence-corrected chi connectivity index (χ3v) is 12.4. The molecule has 1 nitrogen and oxygen atoms in total. The maximum absolute atomic E-state index is 2.66. The van der Waals surface area contributed by atoms with Gasteiger partial charge in [-0.15, -0.1) is 0 Å². The molecule has 0 saturated carbocycles. The van der Waals surface area contributed by atoms with Crippen LogP contribution >= 0.6 is 0 Å². The van der Waals surface area contributed by atoms with Crippen LogP contribution in [0.5, 0.6) is 0 Å². The third kappa shape index (κ3) is 4.05. The molecule has 1 aliphatic heterocycles. The average molecular weight is 666 g/mol. The van der Waals surface area contributed by atoms with Crippen molar-refractivity contribution >= 4 is 38.0 Å². The molecule has 4 aliphatic rings. The largest absolute Gasteiger partial charge is 0.337 e. The second-order valence-electron chi connectivity index (χ2n) is 15.5. The van der Waals surface area contributed by atoms with E-state index in [0.717, 1.165) is 12.8 Å². The van der Waals surface area contributed by atoms with Gasteiger partial charge in [-0.1, -0.05) is 159 Å². The van der Waals surface area contributed by atoms with E-state index < -0.39 is 0 Å². The summed E-state index contributed by atoms with van der Waals surface area (Å²) in [6, 6.07) is 48.5. The Hall–Kier alpha value is -5.92. The topological polar surface area (TPSA) is 3.24 Å². The molecule has 0 radical (unpaired) electrons. The molecule has 0 N–H and O–H groups in total. The van der Waals surface area contributed by atoms with Gasteiger partial charge in [-0.25, -0.2) is 0 Å². The van der Waals surface area contributed by atoms with Crippen LogP contribution in [-0.4, -0.2) is 6.04 Å². The molecule has 0 fully saturated rings. The van der Waals surface area contributed by atoms with Crippen LogP contribution in [0.3, 0.4) is 0 Å². The molecule has 52 heavy (non-hydrogen) atoms. The van der Waals surface area contributed by atoms with Crippen molar-refractivity contribution in [2.45, 2.75) is 38.1 Å². The van der Waals surface area contributed by atoms with Gasteiger partial charge in [0.05, 0.1) is 6.04 Å². The summed E-state index contributed by atoms with van der Waals surface area (Å²) in [6.45, 7) is 4.81. The zero-order valence-electron chi connectivity index (χ0n) is 29.6. The van der Waals surface area contributed by atoms with Gasteiger partial charge in [0.1, 0.15) is 0 Å². The molecule has 248 valence electrons. The van der Waals surface area contributed by atoms with Crippen molar-refractivity contribution in [1.82, 2.24) is 0 Å². The number of anilines is 1. The van der Waals surface area contributed by atoms with E-state index in [2.05, 4.69) is 183 Å². The quantitative estimate of drug-likeness (QED) is 0.170. The van der Waals surface area contributed by atoms with Crippen LogP contribution in [0.25, 0.3) is 65.7 Å². The minimum absolute atomic E-state index is 0.117. The molecule has 2 unspecified atom stereocenters. The molecule has 1 heteroatoms. The number of rotatable bonds is 3. The number of allylic oxidation sites excluding steroid dienone is 5. The minimum Gasteiger partial charge on any atom is -0.337 e. The normalized spacial score (nSPS) is 19.4. The number of hydrogen-bond donors (Lipinski definition) is 0. The van der Waals surface area contributed by atoms with Crippen LogP contribution in [0, 0.1) is 5.92 Å². The Morgan fingerprint density at radius 2 is 1.23 bits per heavy atom. The Kier molecular flexibility index (Phi) is 6.32. The molecule has 0 bridgehead atoms. The standard InChI is InChI=1S/C51H39N/c1-51(2)44-25-13-10-24-41(44)50-37-21-7-6-18-34(37)43(31-45(50)51)49-39-23-9-8-22-38(39)48(32-16-4-3-5-17-32)40-29-28-33(30-42(40)49)52-46-26-14-11-19-35(46)36-20-12-15-27-47(36)52/h3-14,16-26,28-31,35,46H,15,27H2,1-2H3. The summed E-state index contributed by atoms with van der Waals surface area (Å²) >= 11 is 0. The van der Waals surface area contributed by atoms with Crippen LogP contribution in [0.2, 0.25) is 0 Å². The van der Waals surface area contributed by atoms with Crippen molar-refractivity contribution in [3.63, 3.8) is 0 Å². The lowest BCUT2D eigenvalue weighted by Crippen LogP contribution is -2.32. The molecule has 0 amide bonds. The van der Waals surface area contributed by atoms with Crippen LogP contribution in [0.4, 0.5) is 5.69 Å². The molecule has 0 spiro atoms. The fraction of sp³-hybridized carbons (Fsp3) is 0.137. The van der Waals surface area contributed by atoms with Crippen molar-refractivity contribution in [2.24, 2.45) is 5.92 Å². The molecule has 0 aromatic heterocycles. The average Bonchev–Trinajstić information content (AvgIpc) is 3.65. The van der Waals surface area contributed by atoms with Crippen LogP contribution in [0.1, 0.15) is 37.8 Å². The molecule has 11 rings (SSSR count). The fourth-order valence-electron chi connectivity index (χ4n) is 10.2. The van der Waals surface area contributed by atoms with E-state index in [1.54, 1.807) is 0 Å². The molecule has 3 aliphatic carbocycles. The highest BCUT2D eigenvalue weighted by Gasteiger charge is 2.40. The predicted octanol–water partition coefficient (Wildman–Crippen LogP) is 13.3. The molecule has 1 heterocycles. The van der Waals surface area contributed by atoms with E-state index in [1.807, 2.05) is 0 Å². The molecule has 2 atom stereocenters. The van der Waals surface area contributed by atoms with Gasteiger partial charge in [0.15, 0.2) is 0 Å². The number of fused-ring (bicyclic) bond motifs is 9. The highest BCUT2D eigenvalue weighted by atomic mass is 15.2.